The summed E-state index contributed by atoms with van der Waals surface area (Å²) in [4.78, 5) is 35.1. The summed E-state index contributed by atoms with van der Waals surface area (Å²) in [6.07, 6.45) is 1.53. The molecule has 0 unspecified atom stereocenters. The van der Waals surface area contributed by atoms with E-state index in [0.29, 0.717) is 33.3 Å². The van der Waals surface area contributed by atoms with Gasteiger partial charge in [-0.15, -0.1) is 0 Å². The molecule has 0 aliphatic carbocycles. The van der Waals surface area contributed by atoms with E-state index in [2.05, 4.69) is 20.4 Å². The molecular weight excluding hydrogens is 466 g/mol. The highest BCUT2D eigenvalue weighted by molar-refractivity contribution is 6.30. The van der Waals surface area contributed by atoms with Gasteiger partial charge in [0, 0.05) is 28.2 Å². The van der Waals surface area contributed by atoms with E-state index in [9.17, 15) is 9.59 Å². The third-order valence-corrected chi connectivity index (χ3v) is 5.76. The Labute approximate surface area is 205 Å². The Balaban J connectivity index is 1.57. The second-order valence-electron chi connectivity index (χ2n) is 8.12. The lowest BCUT2D eigenvalue weighted by Gasteiger charge is -2.12. The van der Waals surface area contributed by atoms with Crippen LogP contribution in [-0.2, 0) is 11.3 Å². The Morgan fingerprint density at radius 3 is 2.66 bits per heavy atom. The van der Waals surface area contributed by atoms with Gasteiger partial charge in [0.1, 0.15) is 17.8 Å². The largest absolute Gasteiger partial charge is 0.333 e. The number of carbonyl (C=O) groups is 1. The molecule has 0 atom stereocenters. The molecule has 0 saturated carbocycles. The Morgan fingerprint density at radius 2 is 1.86 bits per heavy atom. The van der Waals surface area contributed by atoms with Crippen LogP contribution in [0.1, 0.15) is 11.3 Å². The molecular formula is C26H20ClN5O3. The minimum atomic E-state index is -0.308. The fraction of sp³-hybridized carbons (Fsp3) is 0.115. The molecule has 5 aromatic rings. The van der Waals surface area contributed by atoms with Crippen molar-refractivity contribution in [2.45, 2.75) is 20.4 Å². The Bertz CT molecular complexity index is 1640. The van der Waals surface area contributed by atoms with E-state index in [0.717, 1.165) is 11.1 Å². The zero-order valence-electron chi connectivity index (χ0n) is 18.9. The van der Waals surface area contributed by atoms with Crippen molar-refractivity contribution in [1.82, 2.24) is 19.7 Å². The second-order valence-corrected chi connectivity index (χ2v) is 8.56. The first-order chi connectivity index (χ1) is 16.9. The minimum Gasteiger partial charge on any atom is -0.333 e. The summed E-state index contributed by atoms with van der Waals surface area (Å²) in [5.41, 5.74) is 3.34. The van der Waals surface area contributed by atoms with E-state index in [1.165, 1.54) is 6.20 Å². The van der Waals surface area contributed by atoms with Gasteiger partial charge in [0.15, 0.2) is 0 Å². The number of carbonyl (C=O) groups excluding carboxylic acids is 1. The first kappa shape index (κ1) is 22.5. The van der Waals surface area contributed by atoms with E-state index in [-0.39, 0.29) is 29.3 Å². The predicted molar refractivity (Wildman–Crippen MR) is 134 cm³/mol. The van der Waals surface area contributed by atoms with Crippen LogP contribution >= 0.6 is 11.6 Å². The zero-order valence-corrected chi connectivity index (χ0v) is 19.7. The number of hydrogen-bond donors (Lipinski definition) is 1. The summed E-state index contributed by atoms with van der Waals surface area (Å²) in [6, 6.07) is 17.9. The highest BCUT2D eigenvalue weighted by Crippen LogP contribution is 2.24. The number of pyridine rings is 2. The van der Waals surface area contributed by atoms with E-state index >= 15 is 0 Å². The van der Waals surface area contributed by atoms with Gasteiger partial charge >= 0.3 is 0 Å². The van der Waals surface area contributed by atoms with Crippen molar-refractivity contribution in [2.75, 3.05) is 5.32 Å². The molecule has 0 radical (unpaired) electrons. The van der Waals surface area contributed by atoms with Crippen molar-refractivity contribution in [2.24, 2.45) is 0 Å². The van der Waals surface area contributed by atoms with Crippen LogP contribution in [0.2, 0.25) is 5.02 Å². The number of benzene rings is 2. The van der Waals surface area contributed by atoms with Gasteiger partial charge in [0.05, 0.1) is 5.39 Å². The third-order valence-electron chi connectivity index (χ3n) is 5.53. The summed E-state index contributed by atoms with van der Waals surface area (Å²) in [7, 11) is 0. The van der Waals surface area contributed by atoms with E-state index < -0.39 is 0 Å². The number of aromatic nitrogens is 4. The van der Waals surface area contributed by atoms with E-state index in [1.807, 2.05) is 38.1 Å². The Kier molecular flexibility index (Phi) is 5.88. The van der Waals surface area contributed by atoms with Crippen LogP contribution in [-0.4, -0.2) is 25.6 Å². The maximum atomic E-state index is 13.3. The number of fused-ring (bicyclic) bond motifs is 1. The highest BCUT2D eigenvalue weighted by Gasteiger charge is 2.19. The van der Waals surface area contributed by atoms with Gasteiger partial charge < -0.3 is 14.4 Å². The lowest BCUT2D eigenvalue weighted by Crippen LogP contribution is -2.22. The summed E-state index contributed by atoms with van der Waals surface area (Å²) < 4.78 is 7.08. The van der Waals surface area contributed by atoms with Crippen molar-refractivity contribution in [1.29, 1.82) is 0 Å². The topological polar surface area (TPSA) is 103 Å². The Hall–Kier alpha value is -4.30. The van der Waals surface area contributed by atoms with Gasteiger partial charge in [-0.3, -0.25) is 9.59 Å². The van der Waals surface area contributed by atoms with Gasteiger partial charge in [0.25, 0.3) is 5.89 Å². The SMILES string of the molecule is Cc1ccc2c(=O)c(-c3nc(-c4ccccc4C)no3)cn(CC(=O)Nc3cccc(Cl)c3)c2n1. The highest BCUT2D eigenvalue weighted by atomic mass is 35.5. The number of hydrogen-bond acceptors (Lipinski definition) is 6. The molecule has 35 heavy (non-hydrogen) atoms. The number of halogens is 1. The molecule has 3 aromatic heterocycles. The lowest BCUT2D eigenvalue weighted by atomic mass is 10.1. The standard InChI is InChI=1S/C26H20ClN5O3/c1-15-6-3-4-9-19(15)24-30-26(35-31-24)21-13-32(25-20(23(21)34)11-10-16(2)28-25)14-22(33)29-18-8-5-7-17(27)12-18/h3-13H,14H2,1-2H3,(H,29,33). The predicted octanol–water partition coefficient (Wildman–Crippen LogP) is 5.02. The van der Waals surface area contributed by atoms with Crippen LogP contribution in [0, 0.1) is 13.8 Å². The number of rotatable bonds is 5. The normalized spacial score (nSPS) is 11.1. The zero-order chi connectivity index (χ0) is 24.5. The molecule has 2 aromatic carbocycles. The first-order valence-corrected chi connectivity index (χ1v) is 11.2. The summed E-state index contributed by atoms with van der Waals surface area (Å²) in [5, 5.41) is 7.74. The molecule has 174 valence electrons. The summed E-state index contributed by atoms with van der Waals surface area (Å²) in [5.74, 6) is 0.141. The molecule has 5 rings (SSSR count). The van der Waals surface area contributed by atoms with Crippen LogP contribution in [0.5, 0.6) is 0 Å². The molecule has 0 bridgehead atoms. The van der Waals surface area contributed by atoms with Gasteiger partial charge in [-0.2, -0.15) is 4.98 Å². The quantitative estimate of drug-likeness (QED) is 0.375. The molecule has 1 N–H and O–H groups in total. The maximum absolute atomic E-state index is 13.3. The van der Waals surface area contributed by atoms with Gasteiger partial charge in [-0.05, 0) is 49.7 Å². The van der Waals surface area contributed by atoms with Crippen molar-refractivity contribution in [3.05, 3.63) is 93.4 Å². The number of anilines is 1. The number of nitrogens with zero attached hydrogens (tertiary/aromatic N) is 4. The van der Waals surface area contributed by atoms with Crippen LogP contribution in [0.25, 0.3) is 33.9 Å². The average molecular weight is 486 g/mol. The second kappa shape index (κ2) is 9.15. The summed E-state index contributed by atoms with van der Waals surface area (Å²) >= 11 is 6.02. The number of amides is 1. The third kappa shape index (κ3) is 4.56. The van der Waals surface area contributed by atoms with Gasteiger partial charge in [-0.1, -0.05) is 47.1 Å². The van der Waals surface area contributed by atoms with Crippen molar-refractivity contribution >= 4 is 34.2 Å². The fourth-order valence-electron chi connectivity index (χ4n) is 3.82. The maximum Gasteiger partial charge on any atom is 0.263 e. The van der Waals surface area contributed by atoms with Gasteiger partial charge in [0.2, 0.25) is 17.2 Å². The minimum absolute atomic E-state index is 0.0692. The molecule has 0 aliphatic heterocycles. The van der Waals surface area contributed by atoms with E-state index in [1.54, 1.807) is 41.0 Å². The molecule has 1 amide bonds. The molecule has 8 nitrogen and oxygen atoms in total. The van der Waals surface area contributed by atoms with Crippen LogP contribution in [0.3, 0.4) is 0 Å². The number of aryl methyl sites for hydroxylation is 2. The van der Waals surface area contributed by atoms with Crippen LogP contribution in [0.4, 0.5) is 5.69 Å². The monoisotopic (exact) mass is 485 g/mol. The van der Waals surface area contributed by atoms with Gasteiger partial charge in [-0.25, -0.2) is 4.98 Å². The van der Waals surface area contributed by atoms with Crippen LogP contribution in [0.15, 0.2) is 76.2 Å². The molecule has 9 heteroatoms. The molecule has 0 fully saturated rings. The summed E-state index contributed by atoms with van der Waals surface area (Å²) in [6.45, 7) is 3.67. The lowest BCUT2D eigenvalue weighted by molar-refractivity contribution is -0.116. The number of nitrogens with one attached hydrogen (secondary N) is 1. The molecule has 0 saturated heterocycles. The van der Waals surface area contributed by atoms with Crippen molar-refractivity contribution in [3.8, 4) is 22.8 Å². The first-order valence-electron chi connectivity index (χ1n) is 10.9. The molecule has 0 aliphatic rings. The fourth-order valence-corrected chi connectivity index (χ4v) is 4.01. The van der Waals surface area contributed by atoms with Crippen molar-refractivity contribution < 1.29 is 9.32 Å². The Morgan fingerprint density at radius 1 is 1.03 bits per heavy atom. The molecule has 0 spiro atoms. The van der Waals surface area contributed by atoms with Crippen molar-refractivity contribution in [3.63, 3.8) is 0 Å². The average Bonchev–Trinajstić information content (AvgIpc) is 3.31. The van der Waals surface area contributed by atoms with E-state index in [4.69, 9.17) is 16.1 Å². The smallest absolute Gasteiger partial charge is 0.263 e. The van der Waals surface area contributed by atoms with Crippen LogP contribution < -0.4 is 10.7 Å². The molecule has 3 heterocycles.